The molecule has 0 heterocycles. The molecule has 0 bridgehead atoms. The molecule has 3 aromatic carbocycles. The van der Waals surface area contributed by atoms with Crippen molar-refractivity contribution >= 4 is 5.97 Å². The molecule has 4 nitrogen and oxygen atoms in total. The SMILES string of the molecule is CCC(C/C=C/C1CCc2c(cccc2OCC(=O)O)C1)OC(c1ccccc1)c1ccccc1. The van der Waals surface area contributed by atoms with E-state index in [4.69, 9.17) is 14.6 Å². The summed E-state index contributed by atoms with van der Waals surface area (Å²) in [5, 5.41) is 8.92. The molecule has 0 saturated heterocycles. The van der Waals surface area contributed by atoms with Gasteiger partial charge in [0.1, 0.15) is 11.9 Å². The lowest BCUT2D eigenvalue weighted by Crippen LogP contribution is -2.17. The van der Waals surface area contributed by atoms with Gasteiger partial charge < -0.3 is 14.6 Å². The van der Waals surface area contributed by atoms with Gasteiger partial charge in [0.25, 0.3) is 0 Å². The Bertz CT molecular complexity index is 1070. The summed E-state index contributed by atoms with van der Waals surface area (Å²) >= 11 is 0. The number of carboxylic acids is 1. The smallest absolute Gasteiger partial charge is 0.341 e. The molecule has 0 amide bonds. The van der Waals surface area contributed by atoms with Crippen molar-refractivity contribution in [2.45, 2.75) is 51.2 Å². The Balaban J connectivity index is 1.38. The largest absolute Gasteiger partial charge is 0.482 e. The highest BCUT2D eigenvalue weighted by molar-refractivity contribution is 5.68. The highest BCUT2D eigenvalue weighted by Crippen LogP contribution is 2.33. The summed E-state index contributed by atoms with van der Waals surface area (Å²) in [6.45, 7) is 1.88. The Kier molecular flexibility index (Phi) is 8.74. The van der Waals surface area contributed by atoms with E-state index >= 15 is 0 Å². The van der Waals surface area contributed by atoms with Crippen molar-refractivity contribution in [3.8, 4) is 5.75 Å². The zero-order valence-electron chi connectivity index (χ0n) is 20.3. The van der Waals surface area contributed by atoms with Gasteiger partial charge in [-0.1, -0.05) is 91.9 Å². The molecule has 1 aliphatic rings. The summed E-state index contributed by atoms with van der Waals surface area (Å²) in [5.41, 5.74) is 4.75. The molecule has 0 fully saturated rings. The standard InChI is InChI=1S/C31H34O4/c1-2-27(35-31(24-12-5-3-6-13-24)25-14-7-4-8-15-25)17-9-11-23-19-20-28-26(21-23)16-10-18-29(28)34-22-30(32)33/h3-16,18,23,27,31H,2,17,19-22H2,1H3,(H,32,33)/b11-9+. The lowest BCUT2D eigenvalue weighted by Gasteiger charge is -2.26. The minimum absolute atomic E-state index is 0.0819. The van der Waals surface area contributed by atoms with Gasteiger partial charge in [0.05, 0.1) is 6.10 Å². The van der Waals surface area contributed by atoms with Gasteiger partial charge in [0.15, 0.2) is 6.61 Å². The fourth-order valence-corrected chi connectivity index (χ4v) is 4.78. The van der Waals surface area contributed by atoms with Crippen LogP contribution in [0.1, 0.15) is 54.5 Å². The van der Waals surface area contributed by atoms with Gasteiger partial charge in [0.2, 0.25) is 0 Å². The van der Waals surface area contributed by atoms with Gasteiger partial charge in [-0.15, -0.1) is 0 Å². The number of benzene rings is 3. The van der Waals surface area contributed by atoms with E-state index in [-0.39, 0.29) is 18.8 Å². The number of rotatable bonds is 11. The molecule has 2 atom stereocenters. The van der Waals surface area contributed by atoms with Crippen LogP contribution < -0.4 is 4.74 Å². The summed E-state index contributed by atoms with van der Waals surface area (Å²) in [4.78, 5) is 10.9. The Hall–Kier alpha value is -3.37. The van der Waals surface area contributed by atoms with Crippen LogP contribution in [0.4, 0.5) is 0 Å². The van der Waals surface area contributed by atoms with E-state index in [9.17, 15) is 4.79 Å². The third-order valence-corrected chi connectivity index (χ3v) is 6.62. The Morgan fingerprint density at radius 1 is 1.00 bits per heavy atom. The molecule has 1 aliphatic carbocycles. The maximum atomic E-state index is 10.9. The first-order chi connectivity index (χ1) is 17.1. The van der Waals surface area contributed by atoms with Gasteiger partial charge in [-0.05, 0) is 66.3 Å². The van der Waals surface area contributed by atoms with Crippen molar-refractivity contribution in [3.63, 3.8) is 0 Å². The van der Waals surface area contributed by atoms with Crippen molar-refractivity contribution in [1.82, 2.24) is 0 Å². The molecule has 0 saturated carbocycles. The summed E-state index contributed by atoms with van der Waals surface area (Å²) in [5.74, 6) is 0.224. The number of hydrogen-bond donors (Lipinski definition) is 1. The van der Waals surface area contributed by atoms with E-state index in [1.54, 1.807) is 0 Å². The van der Waals surface area contributed by atoms with Gasteiger partial charge in [-0.2, -0.15) is 0 Å². The number of aliphatic carboxylic acids is 1. The minimum atomic E-state index is -0.950. The number of ether oxygens (including phenoxy) is 2. The molecule has 4 heteroatoms. The molecule has 182 valence electrons. The maximum Gasteiger partial charge on any atom is 0.341 e. The Morgan fingerprint density at radius 3 is 2.31 bits per heavy atom. The average molecular weight is 471 g/mol. The lowest BCUT2D eigenvalue weighted by molar-refractivity contribution is -0.139. The molecule has 2 unspecified atom stereocenters. The second kappa shape index (κ2) is 12.4. The normalized spacial score (nSPS) is 16.2. The van der Waals surface area contributed by atoms with Crippen molar-refractivity contribution in [1.29, 1.82) is 0 Å². The third kappa shape index (κ3) is 6.83. The predicted molar refractivity (Wildman–Crippen MR) is 139 cm³/mol. The number of hydrogen-bond acceptors (Lipinski definition) is 3. The molecule has 3 aromatic rings. The predicted octanol–water partition coefficient (Wildman–Crippen LogP) is 6.79. The van der Waals surface area contributed by atoms with E-state index in [1.807, 2.05) is 24.3 Å². The zero-order valence-corrected chi connectivity index (χ0v) is 20.3. The van der Waals surface area contributed by atoms with Crippen LogP contribution in [0, 0.1) is 5.92 Å². The summed E-state index contributed by atoms with van der Waals surface area (Å²) in [6.07, 6.45) is 9.36. The zero-order chi connectivity index (χ0) is 24.5. The fraction of sp³-hybridized carbons (Fsp3) is 0.323. The van der Waals surface area contributed by atoms with Crippen molar-refractivity contribution in [2.24, 2.45) is 5.92 Å². The van der Waals surface area contributed by atoms with Crippen LogP contribution in [0.15, 0.2) is 91.0 Å². The maximum absolute atomic E-state index is 10.9. The van der Waals surface area contributed by atoms with Crippen LogP contribution in [0.25, 0.3) is 0 Å². The minimum Gasteiger partial charge on any atom is -0.482 e. The van der Waals surface area contributed by atoms with Crippen LogP contribution in [0.5, 0.6) is 5.75 Å². The second-order valence-corrected chi connectivity index (χ2v) is 9.11. The number of allylic oxidation sites excluding steroid dienone is 1. The van der Waals surface area contributed by atoms with Crippen LogP contribution in [0.2, 0.25) is 0 Å². The van der Waals surface area contributed by atoms with Crippen molar-refractivity contribution in [2.75, 3.05) is 6.61 Å². The van der Waals surface area contributed by atoms with E-state index < -0.39 is 5.97 Å². The fourth-order valence-electron chi connectivity index (χ4n) is 4.78. The van der Waals surface area contributed by atoms with Crippen LogP contribution in [-0.2, 0) is 22.4 Å². The van der Waals surface area contributed by atoms with Crippen molar-refractivity contribution < 1.29 is 19.4 Å². The van der Waals surface area contributed by atoms with Crippen molar-refractivity contribution in [3.05, 3.63) is 113 Å². The first-order valence-corrected chi connectivity index (χ1v) is 12.5. The second-order valence-electron chi connectivity index (χ2n) is 9.11. The van der Waals surface area contributed by atoms with Crippen LogP contribution >= 0.6 is 0 Å². The molecule has 4 rings (SSSR count). The number of carboxylic acid groups (broad SMARTS) is 1. The number of fused-ring (bicyclic) bond motifs is 1. The first kappa shape index (κ1) is 24.7. The van der Waals surface area contributed by atoms with Crippen LogP contribution in [0.3, 0.4) is 0 Å². The molecule has 0 spiro atoms. The third-order valence-electron chi connectivity index (χ3n) is 6.62. The van der Waals surface area contributed by atoms with E-state index in [0.29, 0.717) is 11.7 Å². The molecule has 0 aliphatic heterocycles. The summed E-state index contributed by atoms with van der Waals surface area (Å²) in [6, 6.07) is 26.8. The van der Waals surface area contributed by atoms with E-state index in [2.05, 4.69) is 73.7 Å². The van der Waals surface area contributed by atoms with E-state index in [1.165, 1.54) is 16.7 Å². The Labute approximate surface area is 208 Å². The number of carbonyl (C=O) groups is 1. The van der Waals surface area contributed by atoms with Gasteiger partial charge >= 0.3 is 5.97 Å². The first-order valence-electron chi connectivity index (χ1n) is 12.5. The monoisotopic (exact) mass is 470 g/mol. The van der Waals surface area contributed by atoms with Crippen LogP contribution in [-0.4, -0.2) is 23.8 Å². The molecular weight excluding hydrogens is 436 g/mol. The highest BCUT2D eigenvalue weighted by Gasteiger charge is 2.21. The van der Waals surface area contributed by atoms with E-state index in [0.717, 1.165) is 37.7 Å². The average Bonchev–Trinajstić information content (AvgIpc) is 2.90. The molecule has 1 N–H and O–H groups in total. The van der Waals surface area contributed by atoms with Gasteiger partial charge in [0, 0.05) is 0 Å². The lowest BCUT2D eigenvalue weighted by atomic mass is 9.83. The van der Waals surface area contributed by atoms with Gasteiger partial charge in [-0.3, -0.25) is 0 Å². The quantitative estimate of drug-likeness (QED) is 0.314. The Morgan fingerprint density at radius 2 is 1.69 bits per heavy atom. The molecular formula is C31H34O4. The topological polar surface area (TPSA) is 55.8 Å². The molecule has 35 heavy (non-hydrogen) atoms. The molecule has 0 radical (unpaired) electrons. The highest BCUT2D eigenvalue weighted by atomic mass is 16.5. The summed E-state index contributed by atoms with van der Waals surface area (Å²) in [7, 11) is 0. The van der Waals surface area contributed by atoms with Gasteiger partial charge in [-0.25, -0.2) is 4.79 Å². The molecule has 0 aromatic heterocycles. The summed E-state index contributed by atoms with van der Waals surface area (Å²) < 4.78 is 12.2.